The van der Waals surface area contributed by atoms with E-state index in [1.54, 1.807) is 6.20 Å². The van der Waals surface area contributed by atoms with Crippen LogP contribution in [0.25, 0.3) is 0 Å². The molecular weight excluding hydrogens is 318 g/mol. The summed E-state index contributed by atoms with van der Waals surface area (Å²) in [7, 11) is 0. The number of aromatic nitrogens is 2. The van der Waals surface area contributed by atoms with Gasteiger partial charge < -0.3 is 20.1 Å². The predicted octanol–water partition coefficient (Wildman–Crippen LogP) is 2.70. The van der Waals surface area contributed by atoms with E-state index in [4.69, 9.17) is 9.47 Å². The average molecular weight is 345 g/mol. The predicted molar refractivity (Wildman–Crippen MR) is 95.5 cm³/mol. The fraction of sp³-hybridized carbons (Fsp3) is 0.722. The first-order chi connectivity index (χ1) is 12.3. The summed E-state index contributed by atoms with van der Waals surface area (Å²) in [4.78, 5) is 8.87. The van der Waals surface area contributed by atoms with Crippen LogP contribution in [0.3, 0.4) is 0 Å². The largest absolute Gasteiger partial charge is 0.381 e. The van der Waals surface area contributed by atoms with Crippen LogP contribution in [0.4, 0.5) is 11.8 Å². The average Bonchev–Trinajstić information content (AvgIpc) is 2.65. The lowest BCUT2D eigenvalue weighted by molar-refractivity contribution is 0.0346. The molecule has 0 bridgehead atoms. The van der Waals surface area contributed by atoms with Crippen molar-refractivity contribution in [3.8, 4) is 6.07 Å². The van der Waals surface area contributed by atoms with Gasteiger partial charge in [-0.3, -0.25) is 0 Å². The third-order valence-electron chi connectivity index (χ3n) is 4.88. The van der Waals surface area contributed by atoms with Crippen molar-refractivity contribution >= 4 is 11.8 Å². The van der Waals surface area contributed by atoms with Crippen LogP contribution >= 0.6 is 0 Å². The van der Waals surface area contributed by atoms with Crippen LogP contribution in [-0.4, -0.2) is 48.0 Å². The molecule has 7 nitrogen and oxygen atoms in total. The number of nitriles is 1. The zero-order valence-corrected chi connectivity index (χ0v) is 14.8. The van der Waals surface area contributed by atoms with Crippen LogP contribution in [0, 0.1) is 11.3 Å². The van der Waals surface area contributed by atoms with Crippen molar-refractivity contribution in [1.29, 1.82) is 5.26 Å². The Morgan fingerprint density at radius 1 is 1.16 bits per heavy atom. The molecule has 2 fully saturated rings. The second-order valence-corrected chi connectivity index (χ2v) is 6.67. The number of ether oxygens (including phenoxy) is 2. The zero-order chi connectivity index (χ0) is 17.5. The van der Waals surface area contributed by atoms with Crippen molar-refractivity contribution in [1.82, 2.24) is 9.97 Å². The Labute approximate surface area is 149 Å². The molecule has 136 valence electrons. The van der Waals surface area contributed by atoms with Gasteiger partial charge in [0.15, 0.2) is 0 Å². The van der Waals surface area contributed by atoms with E-state index in [0.717, 1.165) is 58.3 Å². The lowest BCUT2D eigenvalue weighted by Crippen LogP contribution is -2.31. The van der Waals surface area contributed by atoms with Crippen molar-refractivity contribution in [2.24, 2.45) is 0 Å². The number of hydrogen-bond donors (Lipinski definition) is 2. The molecule has 0 amide bonds. The van der Waals surface area contributed by atoms with Crippen LogP contribution in [0.2, 0.25) is 0 Å². The van der Waals surface area contributed by atoms with Gasteiger partial charge in [0.2, 0.25) is 5.95 Å². The highest BCUT2D eigenvalue weighted by molar-refractivity contribution is 5.54. The summed E-state index contributed by atoms with van der Waals surface area (Å²) in [6.07, 6.45) is 8.08. The van der Waals surface area contributed by atoms with Crippen molar-refractivity contribution < 1.29 is 9.47 Å². The summed E-state index contributed by atoms with van der Waals surface area (Å²) < 4.78 is 11.1. The highest BCUT2D eigenvalue weighted by Gasteiger charge is 2.22. The minimum atomic E-state index is 0.297. The number of hydrogen-bond acceptors (Lipinski definition) is 7. The zero-order valence-electron chi connectivity index (χ0n) is 14.8. The molecule has 1 saturated heterocycles. The lowest BCUT2D eigenvalue weighted by Gasteiger charge is -2.29. The molecule has 1 saturated carbocycles. The van der Waals surface area contributed by atoms with E-state index in [1.165, 1.54) is 0 Å². The van der Waals surface area contributed by atoms with Gasteiger partial charge in [-0.1, -0.05) is 0 Å². The van der Waals surface area contributed by atoms with Gasteiger partial charge in [-0.15, -0.1) is 0 Å². The van der Waals surface area contributed by atoms with Gasteiger partial charge in [0.1, 0.15) is 17.5 Å². The molecule has 7 heteroatoms. The third kappa shape index (κ3) is 5.03. The molecule has 2 aliphatic rings. The van der Waals surface area contributed by atoms with Crippen LogP contribution in [-0.2, 0) is 9.47 Å². The molecule has 0 radical (unpaired) electrons. The third-order valence-corrected chi connectivity index (χ3v) is 4.88. The highest BCUT2D eigenvalue weighted by atomic mass is 16.5. The lowest BCUT2D eigenvalue weighted by atomic mass is 9.93. The first-order valence-corrected chi connectivity index (χ1v) is 9.28. The normalized spacial score (nSPS) is 24.5. The van der Waals surface area contributed by atoms with E-state index in [1.807, 2.05) is 6.92 Å². The van der Waals surface area contributed by atoms with Crippen LogP contribution in [0.15, 0.2) is 6.20 Å². The molecular formula is C18H27N5O2. The Morgan fingerprint density at radius 2 is 1.88 bits per heavy atom. The molecule has 0 unspecified atom stereocenters. The summed E-state index contributed by atoms with van der Waals surface area (Å²) in [5.41, 5.74) is 0.483. The maximum Gasteiger partial charge on any atom is 0.224 e. The molecule has 0 aromatic carbocycles. The fourth-order valence-electron chi connectivity index (χ4n) is 3.47. The van der Waals surface area contributed by atoms with Crippen LogP contribution in [0.5, 0.6) is 0 Å². The quantitative estimate of drug-likeness (QED) is 0.819. The molecule has 0 spiro atoms. The minimum Gasteiger partial charge on any atom is -0.381 e. The van der Waals surface area contributed by atoms with Gasteiger partial charge in [-0.25, -0.2) is 4.98 Å². The second kappa shape index (κ2) is 8.97. The van der Waals surface area contributed by atoms with E-state index >= 15 is 0 Å². The molecule has 2 N–H and O–H groups in total. The standard InChI is InChI=1S/C18H27N5O2/c1-2-25-16-5-3-14(4-6-16)22-18-20-12-13(11-19)17(23-18)21-15-7-9-24-10-8-15/h12,14-16H,2-10H2,1H3,(H2,20,21,22,23)/t14-,16-. The maximum atomic E-state index is 9.31. The molecule has 1 aromatic heterocycles. The van der Waals surface area contributed by atoms with Crippen molar-refractivity contribution in [3.05, 3.63) is 11.8 Å². The van der Waals surface area contributed by atoms with Crippen molar-refractivity contribution in [3.63, 3.8) is 0 Å². The number of nitrogens with zero attached hydrogens (tertiary/aromatic N) is 3. The Hall–Kier alpha value is -1.91. The second-order valence-electron chi connectivity index (χ2n) is 6.67. The smallest absolute Gasteiger partial charge is 0.224 e. The SMILES string of the molecule is CCO[C@H]1CC[C@H](Nc2ncc(C#N)c(NC3CCOCC3)n2)CC1. The van der Waals surface area contributed by atoms with Gasteiger partial charge >= 0.3 is 0 Å². The van der Waals surface area contributed by atoms with Crippen LogP contribution in [0.1, 0.15) is 51.0 Å². The van der Waals surface area contributed by atoms with Crippen molar-refractivity contribution in [2.45, 2.75) is 63.6 Å². The summed E-state index contributed by atoms with van der Waals surface area (Å²) in [5.74, 6) is 1.21. The molecule has 0 atom stereocenters. The van der Waals surface area contributed by atoms with Gasteiger partial charge in [-0.05, 0) is 45.4 Å². The van der Waals surface area contributed by atoms with E-state index in [9.17, 15) is 5.26 Å². The summed E-state index contributed by atoms with van der Waals surface area (Å²) in [6.45, 7) is 4.32. The summed E-state index contributed by atoms with van der Waals surface area (Å²) >= 11 is 0. The van der Waals surface area contributed by atoms with Crippen molar-refractivity contribution in [2.75, 3.05) is 30.5 Å². The Balaban J connectivity index is 1.60. The first kappa shape index (κ1) is 17.9. The van der Waals surface area contributed by atoms with Gasteiger partial charge in [-0.2, -0.15) is 10.2 Å². The minimum absolute atomic E-state index is 0.297. The summed E-state index contributed by atoms with van der Waals surface area (Å²) in [6, 6.07) is 2.83. The van der Waals surface area contributed by atoms with Gasteiger partial charge in [0, 0.05) is 31.9 Å². The molecule has 25 heavy (non-hydrogen) atoms. The van der Waals surface area contributed by atoms with Gasteiger partial charge in [0.05, 0.1) is 12.3 Å². The number of rotatable bonds is 6. The van der Waals surface area contributed by atoms with E-state index < -0.39 is 0 Å². The Morgan fingerprint density at radius 3 is 2.56 bits per heavy atom. The van der Waals surface area contributed by atoms with Crippen LogP contribution < -0.4 is 10.6 Å². The monoisotopic (exact) mass is 345 g/mol. The highest BCUT2D eigenvalue weighted by Crippen LogP contribution is 2.24. The molecule has 1 aliphatic heterocycles. The van der Waals surface area contributed by atoms with E-state index in [2.05, 4.69) is 26.7 Å². The fourth-order valence-corrected chi connectivity index (χ4v) is 3.47. The maximum absolute atomic E-state index is 9.31. The number of nitrogens with one attached hydrogen (secondary N) is 2. The topological polar surface area (TPSA) is 92.1 Å². The molecule has 1 aromatic rings. The molecule has 1 aliphatic carbocycles. The number of anilines is 2. The molecule has 2 heterocycles. The summed E-state index contributed by atoms with van der Waals surface area (Å²) in [5, 5.41) is 16.1. The van der Waals surface area contributed by atoms with E-state index in [0.29, 0.717) is 35.5 Å². The van der Waals surface area contributed by atoms with E-state index in [-0.39, 0.29) is 0 Å². The molecule has 3 rings (SSSR count). The first-order valence-electron chi connectivity index (χ1n) is 9.28. The van der Waals surface area contributed by atoms with Gasteiger partial charge in [0.25, 0.3) is 0 Å². The Bertz CT molecular complexity index is 590. The Kier molecular flexibility index (Phi) is 6.42.